The molecule has 0 unspecified atom stereocenters. The van der Waals surface area contributed by atoms with E-state index >= 15 is 0 Å². The largest absolute Gasteiger partial charge is 0.361 e. The highest BCUT2D eigenvalue weighted by Crippen LogP contribution is 2.22. The maximum absolute atomic E-state index is 13.1. The summed E-state index contributed by atoms with van der Waals surface area (Å²) in [6.07, 6.45) is 1.80. The molecular formula is C22H21N3O2S. The molecule has 0 radical (unpaired) electrons. The van der Waals surface area contributed by atoms with E-state index in [1.807, 2.05) is 55.5 Å². The molecule has 0 saturated carbocycles. The molecule has 4 rings (SSSR count). The Morgan fingerprint density at radius 3 is 2.64 bits per heavy atom. The first kappa shape index (κ1) is 18.5. The van der Waals surface area contributed by atoms with Gasteiger partial charge in [0.25, 0.3) is 5.56 Å². The van der Waals surface area contributed by atoms with Crippen molar-refractivity contribution in [2.75, 3.05) is 0 Å². The molecule has 5 nitrogen and oxygen atoms in total. The third kappa shape index (κ3) is 4.17. The molecule has 0 fully saturated rings. The summed E-state index contributed by atoms with van der Waals surface area (Å²) in [4.78, 5) is 17.8. The lowest BCUT2D eigenvalue weighted by molar-refractivity contribution is 0.393. The highest BCUT2D eigenvalue weighted by atomic mass is 32.2. The fourth-order valence-corrected chi connectivity index (χ4v) is 4.07. The van der Waals surface area contributed by atoms with Crippen LogP contribution in [0.4, 0.5) is 0 Å². The standard InChI is InChI=1S/C22H21N3O2S/c1-16-14-18(24-27-16)15-28-22-23-20-12-6-5-11-19(20)21(26)25(22)13-7-10-17-8-3-2-4-9-17/h2-6,8-9,11-12,14H,7,10,13,15H2,1H3. The molecule has 0 aliphatic carbocycles. The number of thioether (sulfide) groups is 1. The van der Waals surface area contributed by atoms with E-state index < -0.39 is 0 Å². The average molecular weight is 391 g/mol. The van der Waals surface area contributed by atoms with Gasteiger partial charge in [-0.15, -0.1) is 0 Å². The predicted octanol–water partition coefficient (Wildman–Crippen LogP) is 4.62. The predicted molar refractivity (Wildman–Crippen MR) is 112 cm³/mol. The van der Waals surface area contributed by atoms with Gasteiger partial charge >= 0.3 is 0 Å². The SMILES string of the molecule is Cc1cc(CSc2nc3ccccc3c(=O)n2CCCc2ccccc2)no1. The van der Waals surface area contributed by atoms with Crippen molar-refractivity contribution < 1.29 is 4.52 Å². The summed E-state index contributed by atoms with van der Waals surface area (Å²) < 4.78 is 6.93. The quantitative estimate of drug-likeness (QED) is 0.340. The number of aromatic nitrogens is 3. The zero-order chi connectivity index (χ0) is 19.3. The molecule has 28 heavy (non-hydrogen) atoms. The van der Waals surface area contributed by atoms with Crippen LogP contribution < -0.4 is 5.56 Å². The van der Waals surface area contributed by atoms with Gasteiger partial charge in [-0.25, -0.2) is 4.98 Å². The summed E-state index contributed by atoms with van der Waals surface area (Å²) in [5.41, 5.74) is 2.86. The molecule has 4 aromatic rings. The van der Waals surface area contributed by atoms with E-state index in [-0.39, 0.29) is 5.56 Å². The average Bonchev–Trinajstić information content (AvgIpc) is 3.14. The lowest BCUT2D eigenvalue weighted by atomic mass is 10.1. The Morgan fingerprint density at radius 1 is 1.07 bits per heavy atom. The number of aryl methyl sites for hydroxylation is 2. The molecule has 2 aromatic carbocycles. The number of benzene rings is 2. The van der Waals surface area contributed by atoms with Crippen molar-refractivity contribution in [2.24, 2.45) is 0 Å². The van der Waals surface area contributed by atoms with Gasteiger partial charge in [0.05, 0.1) is 16.6 Å². The van der Waals surface area contributed by atoms with Crippen LogP contribution in [0.2, 0.25) is 0 Å². The number of para-hydroxylation sites is 1. The Kier molecular flexibility index (Phi) is 5.58. The smallest absolute Gasteiger partial charge is 0.262 e. The lowest BCUT2D eigenvalue weighted by Gasteiger charge is -2.12. The molecule has 6 heteroatoms. The molecular weight excluding hydrogens is 370 g/mol. The molecule has 0 saturated heterocycles. The zero-order valence-corrected chi connectivity index (χ0v) is 16.5. The van der Waals surface area contributed by atoms with Gasteiger partial charge in [0.15, 0.2) is 5.16 Å². The van der Waals surface area contributed by atoms with Gasteiger partial charge in [-0.3, -0.25) is 9.36 Å². The fourth-order valence-electron chi connectivity index (χ4n) is 3.17. The van der Waals surface area contributed by atoms with E-state index in [1.165, 1.54) is 17.3 Å². The molecule has 2 heterocycles. The van der Waals surface area contributed by atoms with Gasteiger partial charge < -0.3 is 4.52 Å². The maximum Gasteiger partial charge on any atom is 0.262 e. The molecule has 0 aliphatic heterocycles. The summed E-state index contributed by atoms with van der Waals surface area (Å²) in [6.45, 7) is 2.50. The normalized spacial score (nSPS) is 11.2. The Bertz CT molecular complexity index is 1140. The van der Waals surface area contributed by atoms with Crippen molar-refractivity contribution in [3.8, 4) is 0 Å². The minimum absolute atomic E-state index is 0.0116. The summed E-state index contributed by atoms with van der Waals surface area (Å²) in [5.74, 6) is 1.39. The van der Waals surface area contributed by atoms with Gasteiger partial charge in [-0.05, 0) is 37.5 Å². The van der Waals surface area contributed by atoms with Crippen molar-refractivity contribution in [3.05, 3.63) is 88.0 Å². The maximum atomic E-state index is 13.1. The van der Waals surface area contributed by atoms with Gasteiger partial charge in [-0.2, -0.15) is 0 Å². The molecule has 2 aromatic heterocycles. The van der Waals surface area contributed by atoms with Crippen LogP contribution in [0, 0.1) is 6.92 Å². The lowest BCUT2D eigenvalue weighted by Crippen LogP contribution is -2.23. The zero-order valence-electron chi connectivity index (χ0n) is 15.7. The Labute approximate surface area is 167 Å². The van der Waals surface area contributed by atoms with Crippen LogP contribution in [0.15, 0.2) is 75.1 Å². The van der Waals surface area contributed by atoms with Gasteiger partial charge in [0.2, 0.25) is 0 Å². The summed E-state index contributed by atoms with van der Waals surface area (Å²) in [5, 5.41) is 5.41. The van der Waals surface area contributed by atoms with Crippen molar-refractivity contribution in [2.45, 2.75) is 37.2 Å². The van der Waals surface area contributed by atoms with Crippen LogP contribution in [-0.2, 0) is 18.7 Å². The van der Waals surface area contributed by atoms with E-state index in [9.17, 15) is 4.79 Å². The second-order valence-corrected chi connectivity index (χ2v) is 7.62. The molecule has 0 atom stereocenters. The van der Waals surface area contributed by atoms with E-state index in [4.69, 9.17) is 9.51 Å². The molecule has 142 valence electrons. The molecule has 0 N–H and O–H groups in total. The van der Waals surface area contributed by atoms with Crippen molar-refractivity contribution in [3.63, 3.8) is 0 Å². The Balaban J connectivity index is 1.59. The monoisotopic (exact) mass is 391 g/mol. The summed E-state index contributed by atoms with van der Waals surface area (Å²) >= 11 is 1.52. The van der Waals surface area contributed by atoms with Gasteiger partial charge in [0, 0.05) is 18.4 Å². The van der Waals surface area contributed by atoms with E-state index in [0.29, 0.717) is 17.7 Å². The number of nitrogens with zero attached hydrogens (tertiary/aromatic N) is 3. The van der Waals surface area contributed by atoms with Crippen LogP contribution in [0.25, 0.3) is 10.9 Å². The Morgan fingerprint density at radius 2 is 1.86 bits per heavy atom. The first-order valence-electron chi connectivity index (χ1n) is 9.29. The second-order valence-electron chi connectivity index (χ2n) is 6.68. The van der Waals surface area contributed by atoms with Gasteiger partial charge in [0.1, 0.15) is 5.76 Å². The minimum atomic E-state index is 0.0116. The minimum Gasteiger partial charge on any atom is -0.361 e. The molecule has 0 aliphatic rings. The molecule has 0 spiro atoms. The van der Waals surface area contributed by atoms with E-state index in [1.54, 1.807) is 4.57 Å². The summed E-state index contributed by atoms with van der Waals surface area (Å²) in [6, 6.07) is 19.7. The summed E-state index contributed by atoms with van der Waals surface area (Å²) in [7, 11) is 0. The number of rotatable bonds is 7. The molecule has 0 bridgehead atoms. The number of hydrogen-bond donors (Lipinski definition) is 0. The third-order valence-electron chi connectivity index (χ3n) is 4.54. The van der Waals surface area contributed by atoms with E-state index in [0.717, 1.165) is 35.0 Å². The Hall–Kier alpha value is -2.86. The highest BCUT2D eigenvalue weighted by molar-refractivity contribution is 7.98. The topological polar surface area (TPSA) is 60.9 Å². The fraction of sp³-hybridized carbons (Fsp3) is 0.227. The van der Waals surface area contributed by atoms with Gasteiger partial charge in [-0.1, -0.05) is 59.4 Å². The van der Waals surface area contributed by atoms with Crippen LogP contribution in [-0.4, -0.2) is 14.7 Å². The third-order valence-corrected chi connectivity index (χ3v) is 5.55. The number of hydrogen-bond acceptors (Lipinski definition) is 5. The first-order chi connectivity index (χ1) is 13.7. The second kappa shape index (κ2) is 8.44. The first-order valence-corrected chi connectivity index (χ1v) is 10.3. The number of fused-ring (bicyclic) bond motifs is 1. The molecule has 0 amide bonds. The van der Waals surface area contributed by atoms with Crippen molar-refractivity contribution in [1.82, 2.24) is 14.7 Å². The van der Waals surface area contributed by atoms with Crippen LogP contribution in [0.3, 0.4) is 0 Å². The van der Waals surface area contributed by atoms with Crippen LogP contribution in [0.5, 0.6) is 0 Å². The van der Waals surface area contributed by atoms with E-state index in [2.05, 4.69) is 17.3 Å². The van der Waals surface area contributed by atoms with Crippen molar-refractivity contribution in [1.29, 1.82) is 0 Å². The van der Waals surface area contributed by atoms with Crippen LogP contribution >= 0.6 is 11.8 Å². The highest BCUT2D eigenvalue weighted by Gasteiger charge is 2.12. The van der Waals surface area contributed by atoms with Crippen LogP contribution in [0.1, 0.15) is 23.4 Å². The van der Waals surface area contributed by atoms with Crippen molar-refractivity contribution >= 4 is 22.7 Å².